The molecule has 1 aliphatic carbocycles. The largest absolute Gasteiger partial charge is 0.393 e. The van der Waals surface area contributed by atoms with Crippen molar-refractivity contribution >= 4 is 17.7 Å². The van der Waals surface area contributed by atoms with Gasteiger partial charge in [0.15, 0.2) is 0 Å². The lowest BCUT2D eigenvalue weighted by atomic mass is 10.1. The van der Waals surface area contributed by atoms with Gasteiger partial charge in [0.2, 0.25) is 0 Å². The van der Waals surface area contributed by atoms with Crippen LogP contribution in [-0.4, -0.2) is 34.4 Å². The molecule has 4 nitrogen and oxygen atoms in total. The Bertz CT molecular complexity index is 439. The zero-order chi connectivity index (χ0) is 13.7. The van der Waals surface area contributed by atoms with Crippen LogP contribution >= 0.6 is 11.8 Å². The lowest BCUT2D eigenvalue weighted by molar-refractivity contribution is 0.0916. The maximum Gasteiger partial charge on any atom is 0.251 e. The Morgan fingerprint density at radius 2 is 2.42 bits per heavy atom. The van der Waals surface area contributed by atoms with Crippen molar-refractivity contribution < 1.29 is 9.90 Å². The monoisotopic (exact) mass is 280 g/mol. The van der Waals surface area contributed by atoms with E-state index < -0.39 is 0 Å². The van der Waals surface area contributed by atoms with E-state index >= 15 is 0 Å². The highest BCUT2D eigenvalue weighted by Gasteiger charge is 2.25. The molecule has 0 radical (unpaired) electrons. The summed E-state index contributed by atoms with van der Waals surface area (Å²) in [5.74, 6) is 1.06. The predicted molar refractivity (Wildman–Crippen MR) is 76.3 cm³/mol. The number of carbonyl (C=O) groups is 1. The normalized spacial score (nSPS) is 22.4. The zero-order valence-electron chi connectivity index (χ0n) is 11.1. The maximum atomic E-state index is 12.0. The van der Waals surface area contributed by atoms with Crippen LogP contribution in [-0.2, 0) is 0 Å². The van der Waals surface area contributed by atoms with Crippen LogP contribution in [0.25, 0.3) is 0 Å². The molecule has 1 aliphatic rings. The smallest absolute Gasteiger partial charge is 0.251 e. The fraction of sp³-hybridized carbons (Fsp3) is 0.571. The molecule has 1 saturated carbocycles. The van der Waals surface area contributed by atoms with Gasteiger partial charge in [-0.2, -0.15) is 0 Å². The Balaban J connectivity index is 1.90. The van der Waals surface area contributed by atoms with Gasteiger partial charge in [-0.3, -0.25) is 4.79 Å². The summed E-state index contributed by atoms with van der Waals surface area (Å²) in [4.78, 5) is 16.2. The molecule has 1 amide bonds. The summed E-state index contributed by atoms with van der Waals surface area (Å²) in [5, 5.41) is 13.5. The van der Waals surface area contributed by atoms with Crippen LogP contribution in [0.4, 0.5) is 0 Å². The number of aromatic nitrogens is 1. The summed E-state index contributed by atoms with van der Waals surface area (Å²) in [6.45, 7) is 2.61. The van der Waals surface area contributed by atoms with Crippen LogP contribution in [0.15, 0.2) is 23.4 Å². The van der Waals surface area contributed by atoms with Gasteiger partial charge in [0.25, 0.3) is 5.91 Å². The van der Waals surface area contributed by atoms with E-state index in [-0.39, 0.29) is 17.9 Å². The van der Waals surface area contributed by atoms with Gasteiger partial charge in [-0.1, -0.05) is 13.3 Å². The number of thioether (sulfide) groups is 1. The molecule has 1 aromatic rings. The molecule has 1 aromatic heterocycles. The molecule has 2 N–H and O–H groups in total. The molecule has 2 unspecified atom stereocenters. The quantitative estimate of drug-likeness (QED) is 0.811. The van der Waals surface area contributed by atoms with Gasteiger partial charge in [0.1, 0.15) is 0 Å². The van der Waals surface area contributed by atoms with Gasteiger partial charge in [-0.05, 0) is 30.7 Å². The van der Waals surface area contributed by atoms with Crippen LogP contribution < -0.4 is 5.32 Å². The van der Waals surface area contributed by atoms with Gasteiger partial charge < -0.3 is 10.4 Å². The molecule has 104 valence electrons. The molecule has 0 aromatic carbocycles. The van der Waals surface area contributed by atoms with E-state index in [9.17, 15) is 9.90 Å². The molecule has 1 heterocycles. The SMILES string of the molecule is CCSc1cc(C(=O)NCC2CCCC2O)ccn1. The van der Waals surface area contributed by atoms with E-state index in [2.05, 4.69) is 17.2 Å². The summed E-state index contributed by atoms with van der Waals surface area (Å²) in [6.07, 6.45) is 4.30. The third kappa shape index (κ3) is 3.94. The second kappa shape index (κ2) is 6.91. The first kappa shape index (κ1) is 14.3. The number of hydrogen-bond donors (Lipinski definition) is 2. The van der Waals surface area contributed by atoms with Crippen molar-refractivity contribution in [1.82, 2.24) is 10.3 Å². The lowest BCUT2D eigenvalue weighted by Gasteiger charge is -2.15. The number of pyridine rings is 1. The van der Waals surface area contributed by atoms with Crippen molar-refractivity contribution in [3.8, 4) is 0 Å². The fourth-order valence-electron chi connectivity index (χ4n) is 2.36. The van der Waals surface area contributed by atoms with Crippen molar-refractivity contribution in [3.05, 3.63) is 23.9 Å². The summed E-state index contributed by atoms with van der Waals surface area (Å²) in [6, 6.07) is 3.54. The van der Waals surface area contributed by atoms with E-state index in [0.717, 1.165) is 30.0 Å². The van der Waals surface area contributed by atoms with Crippen LogP contribution in [0.5, 0.6) is 0 Å². The second-order valence-electron chi connectivity index (χ2n) is 4.78. The van der Waals surface area contributed by atoms with E-state index in [1.807, 2.05) is 6.07 Å². The van der Waals surface area contributed by atoms with Crippen molar-refractivity contribution in [2.24, 2.45) is 5.92 Å². The Kier molecular flexibility index (Phi) is 5.22. The molecule has 5 heteroatoms. The number of nitrogens with zero attached hydrogens (tertiary/aromatic N) is 1. The average molecular weight is 280 g/mol. The number of rotatable bonds is 5. The van der Waals surface area contributed by atoms with Crippen molar-refractivity contribution in [2.45, 2.75) is 37.3 Å². The highest BCUT2D eigenvalue weighted by Crippen LogP contribution is 2.24. The number of amides is 1. The van der Waals surface area contributed by atoms with Crippen LogP contribution in [0, 0.1) is 5.92 Å². The number of carbonyl (C=O) groups excluding carboxylic acids is 1. The third-order valence-corrected chi connectivity index (χ3v) is 4.24. The number of nitrogens with one attached hydrogen (secondary N) is 1. The van der Waals surface area contributed by atoms with Gasteiger partial charge in [0, 0.05) is 24.2 Å². The molecule has 19 heavy (non-hydrogen) atoms. The minimum Gasteiger partial charge on any atom is -0.393 e. The zero-order valence-corrected chi connectivity index (χ0v) is 11.9. The van der Waals surface area contributed by atoms with Crippen molar-refractivity contribution in [3.63, 3.8) is 0 Å². The Labute approximate surface area is 118 Å². The highest BCUT2D eigenvalue weighted by molar-refractivity contribution is 7.99. The standard InChI is InChI=1S/C14H20N2O2S/c1-2-19-13-8-10(6-7-15-13)14(18)16-9-11-4-3-5-12(11)17/h6-8,11-12,17H,2-5,9H2,1H3,(H,16,18). The minimum absolute atomic E-state index is 0.0838. The molecule has 0 spiro atoms. The predicted octanol–water partition coefficient (Wildman–Crippen LogP) is 2.08. The maximum absolute atomic E-state index is 12.0. The van der Waals surface area contributed by atoms with E-state index in [0.29, 0.717) is 12.1 Å². The topological polar surface area (TPSA) is 62.2 Å². The van der Waals surface area contributed by atoms with E-state index in [4.69, 9.17) is 0 Å². The van der Waals surface area contributed by atoms with E-state index in [1.165, 1.54) is 0 Å². The molecular weight excluding hydrogens is 260 g/mol. The van der Waals surface area contributed by atoms with Gasteiger partial charge >= 0.3 is 0 Å². The summed E-state index contributed by atoms with van der Waals surface area (Å²) in [5.41, 5.74) is 0.637. The molecule has 1 fully saturated rings. The van der Waals surface area contributed by atoms with Crippen LogP contribution in [0.2, 0.25) is 0 Å². The molecule has 2 rings (SSSR count). The molecular formula is C14H20N2O2S. The highest BCUT2D eigenvalue weighted by atomic mass is 32.2. The molecule has 0 bridgehead atoms. The third-order valence-electron chi connectivity index (χ3n) is 3.43. The van der Waals surface area contributed by atoms with Gasteiger partial charge in [0.05, 0.1) is 11.1 Å². The number of hydrogen-bond acceptors (Lipinski definition) is 4. The summed E-state index contributed by atoms with van der Waals surface area (Å²) < 4.78 is 0. The van der Waals surface area contributed by atoms with E-state index in [1.54, 1.807) is 24.0 Å². The van der Waals surface area contributed by atoms with Crippen LogP contribution in [0.1, 0.15) is 36.5 Å². The number of aliphatic hydroxyl groups excluding tert-OH is 1. The van der Waals surface area contributed by atoms with Crippen LogP contribution in [0.3, 0.4) is 0 Å². The second-order valence-corrected chi connectivity index (χ2v) is 6.07. The van der Waals surface area contributed by atoms with Crippen molar-refractivity contribution in [2.75, 3.05) is 12.3 Å². The Morgan fingerprint density at radius 1 is 1.58 bits per heavy atom. The molecule has 0 aliphatic heterocycles. The Hall–Kier alpha value is -1.07. The summed E-state index contributed by atoms with van der Waals surface area (Å²) >= 11 is 1.62. The first-order valence-electron chi connectivity index (χ1n) is 6.76. The first-order chi connectivity index (χ1) is 9.20. The molecule has 2 atom stereocenters. The number of aliphatic hydroxyl groups is 1. The van der Waals surface area contributed by atoms with Gasteiger partial charge in [-0.25, -0.2) is 4.98 Å². The fourth-order valence-corrected chi connectivity index (χ4v) is 3.00. The minimum atomic E-state index is -0.260. The first-order valence-corrected chi connectivity index (χ1v) is 7.74. The average Bonchev–Trinajstić information content (AvgIpc) is 2.82. The van der Waals surface area contributed by atoms with Gasteiger partial charge in [-0.15, -0.1) is 11.8 Å². The summed E-state index contributed by atoms with van der Waals surface area (Å²) in [7, 11) is 0. The molecule has 0 saturated heterocycles. The Morgan fingerprint density at radius 3 is 3.11 bits per heavy atom. The lowest BCUT2D eigenvalue weighted by Crippen LogP contribution is -2.32. The van der Waals surface area contributed by atoms with Crippen molar-refractivity contribution in [1.29, 1.82) is 0 Å².